The molecular weight excluding hydrogens is 398 g/mol. The van der Waals surface area contributed by atoms with Crippen LogP contribution in [0.1, 0.15) is 59.8 Å². The lowest BCUT2D eigenvalue weighted by Gasteiger charge is -2.46. The molecule has 2 fully saturated rings. The van der Waals surface area contributed by atoms with Crippen LogP contribution in [-0.2, 0) is 42.9 Å². The molecule has 1 aliphatic heterocycles. The molecule has 10 heteroatoms. The van der Waals surface area contributed by atoms with Crippen LogP contribution in [0, 0.1) is 0 Å². The minimum absolute atomic E-state index is 0.0855. The topological polar surface area (TPSA) is 126 Å². The predicted octanol–water partition coefficient (Wildman–Crippen LogP) is 0.992. The molecule has 1 saturated heterocycles. The Morgan fingerprint density at radius 3 is 2.00 bits per heavy atom. The predicted molar refractivity (Wildman–Crippen MR) is 102 cm³/mol. The van der Waals surface area contributed by atoms with Gasteiger partial charge in [0, 0.05) is 27.7 Å². The third-order valence-electron chi connectivity index (χ3n) is 4.95. The standard InChI is InChI=1S/C20H31NO9/c1-11(22)21-17-19(28-14(4)25)18(27-13(3)24)16(10-26-12(2)23)30-20(17)29-15-8-6-5-7-9-15/h15-20H,5-10H2,1-4H3,(H,21,22)/t16-,17+,18+,19-,20-/m0/s1. The van der Waals surface area contributed by atoms with Gasteiger partial charge in [-0.3, -0.25) is 19.2 Å². The molecule has 30 heavy (non-hydrogen) atoms. The van der Waals surface area contributed by atoms with E-state index >= 15 is 0 Å². The fraction of sp³-hybridized carbons (Fsp3) is 0.800. The number of carbonyl (C=O) groups is 4. The Hall–Kier alpha value is -2.20. The van der Waals surface area contributed by atoms with Crippen molar-refractivity contribution in [3.05, 3.63) is 0 Å². The zero-order valence-corrected chi connectivity index (χ0v) is 17.9. The maximum absolute atomic E-state index is 11.9. The molecule has 1 amide bonds. The van der Waals surface area contributed by atoms with Crippen molar-refractivity contribution >= 4 is 23.8 Å². The van der Waals surface area contributed by atoms with E-state index in [4.69, 9.17) is 23.7 Å². The minimum Gasteiger partial charge on any atom is -0.463 e. The maximum atomic E-state index is 11.9. The van der Waals surface area contributed by atoms with E-state index in [9.17, 15) is 19.2 Å². The molecule has 0 aromatic heterocycles. The van der Waals surface area contributed by atoms with Gasteiger partial charge in [0.1, 0.15) is 18.8 Å². The lowest BCUT2D eigenvalue weighted by molar-refractivity contribution is -0.289. The Labute approximate surface area is 175 Å². The quantitative estimate of drug-likeness (QED) is 0.466. The molecule has 1 saturated carbocycles. The van der Waals surface area contributed by atoms with E-state index in [1.807, 2.05) is 0 Å². The molecule has 0 bridgehead atoms. The molecule has 2 aliphatic rings. The summed E-state index contributed by atoms with van der Waals surface area (Å²) in [4.78, 5) is 46.7. The van der Waals surface area contributed by atoms with Gasteiger partial charge in [-0.1, -0.05) is 19.3 Å². The van der Waals surface area contributed by atoms with E-state index in [2.05, 4.69) is 5.32 Å². The Morgan fingerprint density at radius 2 is 1.47 bits per heavy atom. The van der Waals surface area contributed by atoms with E-state index in [-0.39, 0.29) is 12.7 Å². The van der Waals surface area contributed by atoms with E-state index in [1.54, 1.807) is 0 Å². The summed E-state index contributed by atoms with van der Waals surface area (Å²) >= 11 is 0. The Bertz CT molecular complexity index is 632. The molecule has 170 valence electrons. The van der Waals surface area contributed by atoms with Crippen molar-refractivity contribution in [2.75, 3.05) is 6.61 Å². The van der Waals surface area contributed by atoms with Crippen molar-refractivity contribution in [1.82, 2.24) is 5.32 Å². The van der Waals surface area contributed by atoms with Gasteiger partial charge < -0.3 is 29.0 Å². The van der Waals surface area contributed by atoms with Gasteiger partial charge in [-0.15, -0.1) is 0 Å². The number of hydrogen-bond donors (Lipinski definition) is 1. The number of hydrogen-bond acceptors (Lipinski definition) is 9. The first-order valence-corrected chi connectivity index (χ1v) is 10.2. The molecule has 0 spiro atoms. The lowest BCUT2D eigenvalue weighted by atomic mass is 9.94. The number of nitrogens with one attached hydrogen (secondary N) is 1. The van der Waals surface area contributed by atoms with Gasteiger partial charge in [-0.25, -0.2) is 0 Å². The molecule has 2 rings (SSSR count). The van der Waals surface area contributed by atoms with Gasteiger partial charge in [-0.2, -0.15) is 0 Å². The van der Waals surface area contributed by atoms with Crippen LogP contribution in [0.2, 0.25) is 0 Å². The highest BCUT2D eigenvalue weighted by Gasteiger charge is 2.51. The number of ether oxygens (including phenoxy) is 5. The Kier molecular flexibility index (Phi) is 9.04. The fourth-order valence-corrected chi connectivity index (χ4v) is 3.80. The van der Waals surface area contributed by atoms with Crippen molar-refractivity contribution in [1.29, 1.82) is 0 Å². The first-order valence-electron chi connectivity index (χ1n) is 10.2. The minimum atomic E-state index is -1.10. The highest BCUT2D eigenvalue weighted by Crippen LogP contribution is 2.31. The van der Waals surface area contributed by atoms with Crippen LogP contribution in [0.15, 0.2) is 0 Å². The molecule has 1 heterocycles. The molecule has 0 radical (unpaired) electrons. The third kappa shape index (κ3) is 7.24. The average molecular weight is 429 g/mol. The van der Waals surface area contributed by atoms with Gasteiger partial charge in [0.15, 0.2) is 18.5 Å². The summed E-state index contributed by atoms with van der Waals surface area (Å²) < 4.78 is 28.0. The monoisotopic (exact) mass is 429 g/mol. The summed E-state index contributed by atoms with van der Waals surface area (Å²) in [5.74, 6) is -2.20. The summed E-state index contributed by atoms with van der Waals surface area (Å²) in [6.07, 6.45) is 0.643. The van der Waals surface area contributed by atoms with Crippen LogP contribution < -0.4 is 5.32 Å². The normalized spacial score (nSPS) is 29.5. The molecule has 0 unspecified atom stereocenters. The van der Waals surface area contributed by atoms with Crippen LogP contribution in [-0.4, -0.2) is 67.2 Å². The van der Waals surface area contributed by atoms with Crippen molar-refractivity contribution < 1.29 is 42.9 Å². The second kappa shape index (κ2) is 11.3. The average Bonchev–Trinajstić information content (AvgIpc) is 2.64. The van der Waals surface area contributed by atoms with Crippen molar-refractivity contribution in [3.8, 4) is 0 Å². The first-order chi connectivity index (χ1) is 14.2. The van der Waals surface area contributed by atoms with Crippen LogP contribution in [0.3, 0.4) is 0 Å². The molecule has 1 aliphatic carbocycles. The van der Waals surface area contributed by atoms with Gasteiger partial charge in [-0.05, 0) is 12.8 Å². The third-order valence-corrected chi connectivity index (χ3v) is 4.95. The van der Waals surface area contributed by atoms with Crippen molar-refractivity contribution in [2.24, 2.45) is 0 Å². The van der Waals surface area contributed by atoms with Crippen molar-refractivity contribution in [2.45, 2.75) is 96.5 Å². The zero-order chi connectivity index (χ0) is 22.3. The molecule has 1 N–H and O–H groups in total. The van der Waals surface area contributed by atoms with Gasteiger partial charge in [0.2, 0.25) is 5.91 Å². The summed E-state index contributed by atoms with van der Waals surface area (Å²) in [7, 11) is 0. The second-order valence-electron chi connectivity index (χ2n) is 7.62. The fourth-order valence-electron chi connectivity index (χ4n) is 3.80. The van der Waals surface area contributed by atoms with Crippen LogP contribution in [0.5, 0.6) is 0 Å². The molecule has 0 aromatic rings. The molecule has 5 atom stereocenters. The van der Waals surface area contributed by atoms with Gasteiger partial charge >= 0.3 is 17.9 Å². The maximum Gasteiger partial charge on any atom is 0.303 e. The van der Waals surface area contributed by atoms with Crippen molar-refractivity contribution in [3.63, 3.8) is 0 Å². The molecule has 0 aromatic carbocycles. The molecule has 10 nitrogen and oxygen atoms in total. The Balaban J connectivity index is 2.34. The first kappa shape index (κ1) is 24.1. The largest absolute Gasteiger partial charge is 0.463 e. The van der Waals surface area contributed by atoms with E-state index in [1.165, 1.54) is 27.7 Å². The van der Waals surface area contributed by atoms with E-state index in [0.717, 1.165) is 32.1 Å². The van der Waals surface area contributed by atoms with E-state index < -0.39 is 54.5 Å². The van der Waals surface area contributed by atoms with Crippen LogP contribution >= 0.6 is 0 Å². The lowest BCUT2D eigenvalue weighted by Crippen LogP contribution is -2.67. The SMILES string of the molecule is CC(=O)N[C@H]1[C@@H](OC2CCCCC2)O[C@@H](COC(C)=O)[C@@H](OC(C)=O)[C@H]1OC(C)=O. The van der Waals surface area contributed by atoms with Crippen LogP contribution in [0.4, 0.5) is 0 Å². The van der Waals surface area contributed by atoms with Gasteiger partial charge in [0.25, 0.3) is 0 Å². The summed E-state index contributed by atoms with van der Waals surface area (Å²) in [5.41, 5.74) is 0. The van der Waals surface area contributed by atoms with E-state index in [0.29, 0.717) is 0 Å². The van der Waals surface area contributed by atoms with Crippen LogP contribution in [0.25, 0.3) is 0 Å². The highest BCUT2D eigenvalue weighted by molar-refractivity contribution is 5.73. The summed E-state index contributed by atoms with van der Waals surface area (Å²) in [6.45, 7) is 4.73. The second-order valence-corrected chi connectivity index (χ2v) is 7.62. The highest BCUT2D eigenvalue weighted by atomic mass is 16.7. The smallest absolute Gasteiger partial charge is 0.303 e. The Morgan fingerprint density at radius 1 is 0.867 bits per heavy atom. The number of esters is 3. The van der Waals surface area contributed by atoms with Gasteiger partial charge in [0.05, 0.1) is 6.10 Å². The molecular formula is C20H31NO9. The zero-order valence-electron chi connectivity index (χ0n) is 17.9. The number of amides is 1. The number of rotatable bonds is 7. The summed E-state index contributed by atoms with van der Waals surface area (Å²) in [5, 5.41) is 2.70. The number of carbonyl (C=O) groups excluding carboxylic acids is 4. The summed E-state index contributed by atoms with van der Waals surface area (Å²) in [6, 6.07) is -0.911.